The Balaban J connectivity index is 2.61. The molecule has 0 aromatic carbocycles. The highest BCUT2D eigenvalue weighted by Crippen LogP contribution is 2.24. The van der Waals surface area contributed by atoms with Gasteiger partial charge in [0.15, 0.2) is 5.13 Å². The largest absolute Gasteiger partial charge is 0.348 e. The van der Waals surface area contributed by atoms with Crippen LogP contribution in [0.3, 0.4) is 0 Å². The van der Waals surface area contributed by atoms with Gasteiger partial charge in [0.1, 0.15) is 0 Å². The van der Waals surface area contributed by atoms with Crippen molar-refractivity contribution in [2.24, 2.45) is 5.92 Å². The zero-order valence-corrected chi connectivity index (χ0v) is 14.1. The first-order valence-electron chi connectivity index (χ1n) is 7.30. The second kappa shape index (κ2) is 7.25. The molecular formula is C15H29N3S. The molecule has 0 aliphatic rings. The van der Waals surface area contributed by atoms with Gasteiger partial charge in [0.2, 0.25) is 0 Å². The average molecular weight is 283 g/mol. The normalized spacial score (nSPS) is 13.6. The summed E-state index contributed by atoms with van der Waals surface area (Å²) < 4.78 is 0. The van der Waals surface area contributed by atoms with Gasteiger partial charge in [0.25, 0.3) is 0 Å². The highest BCUT2D eigenvalue weighted by Gasteiger charge is 2.14. The van der Waals surface area contributed by atoms with Crippen molar-refractivity contribution in [1.29, 1.82) is 0 Å². The summed E-state index contributed by atoms with van der Waals surface area (Å²) in [5.41, 5.74) is 0.158. The van der Waals surface area contributed by atoms with E-state index < -0.39 is 0 Å². The van der Waals surface area contributed by atoms with Gasteiger partial charge in [-0.1, -0.05) is 20.3 Å². The van der Waals surface area contributed by atoms with Gasteiger partial charge in [-0.05, 0) is 33.6 Å². The lowest BCUT2D eigenvalue weighted by atomic mass is 10.1. The van der Waals surface area contributed by atoms with E-state index >= 15 is 0 Å². The summed E-state index contributed by atoms with van der Waals surface area (Å²) in [6.07, 6.45) is 3.23. The van der Waals surface area contributed by atoms with E-state index in [0.717, 1.165) is 30.7 Å². The molecular weight excluding hydrogens is 254 g/mol. The highest BCUT2D eigenvalue weighted by molar-refractivity contribution is 7.15. The molecule has 1 rings (SSSR count). The Kier molecular flexibility index (Phi) is 6.27. The molecule has 0 aliphatic carbocycles. The first kappa shape index (κ1) is 16.4. The fourth-order valence-electron chi connectivity index (χ4n) is 1.73. The average Bonchev–Trinajstić information content (AvgIpc) is 2.81. The van der Waals surface area contributed by atoms with Crippen molar-refractivity contribution >= 4 is 16.5 Å². The molecule has 1 heterocycles. The molecule has 1 aromatic heterocycles. The van der Waals surface area contributed by atoms with Gasteiger partial charge in [-0.2, -0.15) is 0 Å². The van der Waals surface area contributed by atoms with E-state index in [2.05, 4.69) is 56.7 Å². The van der Waals surface area contributed by atoms with Crippen LogP contribution in [0.5, 0.6) is 0 Å². The number of hydrogen-bond acceptors (Lipinski definition) is 4. The van der Waals surface area contributed by atoms with Crippen LogP contribution in [0.1, 0.15) is 52.8 Å². The van der Waals surface area contributed by atoms with Gasteiger partial charge in [-0.15, -0.1) is 11.3 Å². The Morgan fingerprint density at radius 1 is 1.37 bits per heavy atom. The Morgan fingerprint density at radius 2 is 2.05 bits per heavy atom. The summed E-state index contributed by atoms with van der Waals surface area (Å²) in [4.78, 5) is 8.28. The lowest BCUT2D eigenvalue weighted by molar-refractivity contribution is 0.426. The van der Waals surface area contributed by atoms with Crippen LogP contribution < -0.4 is 10.2 Å². The number of thiazole rings is 1. The molecule has 1 atom stereocenters. The van der Waals surface area contributed by atoms with Crippen LogP contribution in [0, 0.1) is 5.92 Å². The predicted octanol–water partition coefficient (Wildman–Crippen LogP) is 3.90. The zero-order chi connectivity index (χ0) is 14.5. The number of nitrogens with zero attached hydrogens (tertiary/aromatic N) is 2. The minimum absolute atomic E-state index is 0.158. The van der Waals surface area contributed by atoms with Crippen LogP contribution in [0.25, 0.3) is 0 Å². The summed E-state index contributed by atoms with van der Waals surface area (Å²) in [6.45, 7) is 16.4. The van der Waals surface area contributed by atoms with Gasteiger partial charge in [0, 0.05) is 36.2 Å². The molecule has 1 unspecified atom stereocenters. The number of anilines is 1. The molecule has 1 aromatic rings. The van der Waals surface area contributed by atoms with Crippen molar-refractivity contribution in [3.63, 3.8) is 0 Å². The molecule has 0 aliphatic heterocycles. The molecule has 1 N–H and O–H groups in total. The van der Waals surface area contributed by atoms with E-state index in [-0.39, 0.29) is 5.54 Å². The maximum atomic E-state index is 4.58. The summed E-state index contributed by atoms with van der Waals surface area (Å²) in [7, 11) is 0. The van der Waals surface area contributed by atoms with Crippen molar-refractivity contribution in [3.05, 3.63) is 11.1 Å². The number of aromatic nitrogens is 1. The minimum Gasteiger partial charge on any atom is -0.348 e. The van der Waals surface area contributed by atoms with E-state index in [1.165, 1.54) is 11.3 Å². The first-order valence-corrected chi connectivity index (χ1v) is 8.12. The topological polar surface area (TPSA) is 28.2 Å². The summed E-state index contributed by atoms with van der Waals surface area (Å²) in [5, 5.41) is 4.67. The smallest absolute Gasteiger partial charge is 0.185 e. The van der Waals surface area contributed by atoms with Crippen LogP contribution in [0.2, 0.25) is 0 Å². The molecule has 0 spiro atoms. The van der Waals surface area contributed by atoms with Gasteiger partial charge in [-0.25, -0.2) is 4.98 Å². The van der Waals surface area contributed by atoms with Gasteiger partial charge < -0.3 is 10.2 Å². The molecule has 3 nitrogen and oxygen atoms in total. The molecule has 0 saturated heterocycles. The third kappa shape index (κ3) is 5.91. The van der Waals surface area contributed by atoms with Gasteiger partial charge >= 0.3 is 0 Å². The second-order valence-electron chi connectivity index (χ2n) is 6.26. The van der Waals surface area contributed by atoms with Gasteiger partial charge in [0.05, 0.1) is 0 Å². The van der Waals surface area contributed by atoms with Crippen molar-refractivity contribution < 1.29 is 0 Å². The van der Waals surface area contributed by atoms with Crippen LogP contribution >= 0.6 is 11.3 Å². The second-order valence-corrected chi connectivity index (χ2v) is 7.36. The maximum Gasteiger partial charge on any atom is 0.185 e. The Morgan fingerprint density at radius 3 is 2.58 bits per heavy atom. The van der Waals surface area contributed by atoms with Crippen LogP contribution in [0.4, 0.5) is 5.13 Å². The van der Waals surface area contributed by atoms with E-state index in [0.29, 0.717) is 0 Å². The number of nitrogens with one attached hydrogen (secondary N) is 1. The number of rotatable bonds is 7. The van der Waals surface area contributed by atoms with E-state index in [9.17, 15) is 0 Å². The summed E-state index contributed by atoms with van der Waals surface area (Å²) >= 11 is 1.81. The standard InChI is InChI=1S/C15H29N3S/c1-7-12(3)11-18(8-2)14-16-9-13(19-14)10-17-15(4,5)6/h9,12,17H,7-8,10-11H2,1-6H3. The van der Waals surface area contributed by atoms with E-state index in [4.69, 9.17) is 0 Å². The highest BCUT2D eigenvalue weighted by atomic mass is 32.1. The third-order valence-corrected chi connectivity index (χ3v) is 4.27. The fourth-order valence-corrected chi connectivity index (χ4v) is 2.65. The minimum atomic E-state index is 0.158. The predicted molar refractivity (Wildman–Crippen MR) is 86.0 cm³/mol. The molecule has 0 amide bonds. The van der Waals surface area contributed by atoms with Crippen LogP contribution in [0.15, 0.2) is 6.20 Å². The zero-order valence-electron chi connectivity index (χ0n) is 13.3. The van der Waals surface area contributed by atoms with Crippen LogP contribution in [-0.2, 0) is 6.54 Å². The molecule has 19 heavy (non-hydrogen) atoms. The SMILES string of the molecule is CCC(C)CN(CC)c1ncc(CNC(C)(C)C)s1. The lowest BCUT2D eigenvalue weighted by Crippen LogP contribution is -2.34. The Bertz CT molecular complexity index is 368. The number of hydrogen-bond donors (Lipinski definition) is 1. The van der Waals surface area contributed by atoms with Crippen molar-refractivity contribution in [2.75, 3.05) is 18.0 Å². The molecule has 0 saturated carbocycles. The molecule has 4 heteroatoms. The van der Waals surface area contributed by atoms with Crippen molar-refractivity contribution in [1.82, 2.24) is 10.3 Å². The third-order valence-electron chi connectivity index (χ3n) is 3.22. The molecule has 110 valence electrons. The summed E-state index contributed by atoms with van der Waals surface area (Å²) in [6, 6.07) is 0. The summed E-state index contributed by atoms with van der Waals surface area (Å²) in [5.74, 6) is 0.722. The van der Waals surface area contributed by atoms with E-state index in [1.54, 1.807) is 0 Å². The molecule has 0 radical (unpaired) electrons. The maximum absolute atomic E-state index is 4.58. The fraction of sp³-hybridized carbons (Fsp3) is 0.800. The quantitative estimate of drug-likeness (QED) is 0.822. The van der Waals surface area contributed by atoms with E-state index in [1.807, 2.05) is 17.5 Å². The Labute approximate surface area is 122 Å². The molecule has 0 bridgehead atoms. The van der Waals surface area contributed by atoms with Crippen LogP contribution in [-0.4, -0.2) is 23.6 Å². The van der Waals surface area contributed by atoms with Crippen molar-refractivity contribution in [2.45, 2.75) is 60.0 Å². The van der Waals surface area contributed by atoms with Gasteiger partial charge in [-0.3, -0.25) is 0 Å². The molecule has 0 fully saturated rings. The van der Waals surface area contributed by atoms with Crippen molar-refractivity contribution in [3.8, 4) is 0 Å². The Hall–Kier alpha value is -0.610. The first-order chi connectivity index (χ1) is 8.85. The lowest BCUT2D eigenvalue weighted by Gasteiger charge is -2.23. The monoisotopic (exact) mass is 283 g/mol.